The predicted octanol–water partition coefficient (Wildman–Crippen LogP) is 3.07. The molecule has 1 heterocycles. The third kappa shape index (κ3) is 2.97. The summed E-state index contributed by atoms with van der Waals surface area (Å²) in [6.07, 6.45) is 0. The number of benzene rings is 1. The van der Waals surface area contributed by atoms with Crippen molar-refractivity contribution in [2.45, 2.75) is 13.5 Å². The van der Waals surface area contributed by atoms with Crippen LogP contribution < -0.4 is 10.3 Å². The zero-order valence-electron chi connectivity index (χ0n) is 9.13. The Balaban J connectivity index is 1.99. The fraction of sp³-hybridized carbons (Fsp3) is 0.154. The van der Waals surface area contributed by atoms with Crippen molar-refractivity contribution in [1.82, 2.24) is 0 Å². The molecule has 0 fully saturated rings. The molecule has 2 nitrogen and oxygen atoms in total. The van der Waals surface area contributed by atoms with Gasteiger partial charge in [-0.25, -0.2) is 4.98 Å². The van der Waals surface area contributed by atoms with E-state index in [4.69, 9.17) is 11.6 Å². The molecule has 0 unspecified atom stereocenters. The molecule has 3 heteroatoms. The lowest BCUT2D eigenvalue weighted by Gasteiger charge is -2.00. The van der Waals surface area contributed by atoms with Gasteiger partial charge in [0.15, 0.2) is 0 Å². The molecule has 2 rings (SSSR count). The predicted molar refractivity (Wildman–Crippen MR) is 66.5 cm³/mol. The Bertz CT molecular complexity index is 466. The van der Waals surface area contributed by atoms with E-state index < -0.39 is 0 Å². The molecule has 0 atom stereocenters. The van der Waals surface area contributed by atoms with Crippen LogP contribution in [0.3, 0.4) is 0 Å². The number of aromatic amines is 1. The second kappa shape index (κ2) is 4.99. The smallest absolute Gasteiger partial charge is 0.270 e. The molecule has 1 aromatic heterocycles. The van der Waals surface area contributed by atoms with E-state index in [-0.39, 0.29) is 0 Å². The first-order valence-electron chi connectivity index (χ1n) is 5.21. The van der Waals surface area contributed by atoms with Gasteiger partial charge in [0.1, 0.15) is 6.54 Å². The molecule has 0 spiro atoms. The molecule has 0 amide bonds. The van der Waals surface area contributed by atoms with Crippen molar-refractivity contribution in [3.05, 3.63) is 58.7 Å². The summed E-state index contributed by atoms with van der Waals surface area (Å²) in [5, 5.41) is 4.09. The summed E-state index contributed by atoms with van der Waals surface area (Å²) in [7, 11) is 0. The fourth-order valence-electron chi connectivity index (χ4n) is 1.49. The molecular formula is C13H14ClN2+. The first-order chi connectivity index (χ1) is 7.74. The molecule has 2 N–H and O–H groups in total. The van der Waals surface area contributed by atoms with Gasteiger partial charge in [0.25, 0.3) is 5.82 Å². The summed E-state index contributed by atoms with van der Waals surface area (Å²) in [5.74, 6) is 1.02. The number of aryl methyl sites for hydroxylation is 1. The van der Waals surface area contributed by atoms with Crippen LogP contribution in [0.1, 0.15) is 11.3 Å². The van der Waals surface area contributed by atoms with Gasteiger partial charge in [-0.05, 0) is 30.7 Å². The Morgan fingerprint density at radius 3 is 2.56 bits per heavy atom. The molecular weight excluding hydrogens is 220 g/mol. The lowest BCUT2D eigenvalue weighted by molar-refractivity contribution is -0.371. The van der Waals surface area contributed by atoms with Gasteiger partial charge in [0, 0.05) is 11.1 Å². The first kappa shape index (κ1) is 11.0. The highest BCUT2D eigenvalue weighted by Gasteiger charge is 2.01. The minimum atomic E-state index is 0.769. The summed E-state index contributed by atoms with van der Waals surface area (Å²) in [6.45, 7) is 2.82. The van der Waals surface area contributed by atoms with Crippen LogP contribution in [0.15, 0.2) is 42.5 Å². The highest BCUT2D eigenvalue weighted by molar-refractivity contribution is 6.30. The molecule has 16 heavy (non-hydrogen) atoms. The van der Waals surface area contributed by atoms with Crippen molar-refractivity contribution in [1.29, 1.82) is 0 Å². The maximum absolute atomic E-state index is 5.82. The van der Waals surface area contributed by atoms with Crippen molar-refractivity contribution >= 4 is 17.4 Å². The largest absolute Gasteiger partial charge is 0.272 e. The van der Waals surface area contributed by atoms with E-state index in [1.165, 1.54) is 5.56 Å². The van der Waals surface area contributed by atoms with Crippen LogP contribution in [0.2, 0.25) is 5.02 Å². The third-order valence-corrected chi connectivity index (χ3v) is 2.59. The van der Waals surface area contributed by atoms with Gasteiger partial charge >= 0.3 is 0 Å². The average Bonchev–Trinajstić information content (AvgIpc) is 2.28. The molecule has 0 aliphatic carbocycles. The molecule has 0 radical (unpaired) electrons. The Morgan fingerprint density at radius 1 is 1.12 bits per heavy atom. The van der Waals surface area contributed by atoms with Gasteiger partial charge in [-0.2, -0.15) is 0 Å². The van der Waals surface area contributed by atoms with E-state index in [9.17, 15) is 0 Å². The van der Waals surface area contributed by atoms with Crippen LogP contribution in [0, 0.1) is 6.92 Å². The molecule has 0 saturated heterocycles. The minimum absolute atomic E-state index is 0.769. The van der Waals surface area contributed by atoms with Gasteiger partial charge < -0.3 is 0 Å². The van der Waals surface area contributed by atoms with Gasteiger partial charge in [0.2, 0.25) is 0 Å². The van der Waals surface area contributed by atoms with E-state index in [2.05, 4.69) is 10.3 Å². The number of hydrogen-bond donors (Lipinski definition) is 1. The molecule has 2 aromatic rings. The second-order valence-corrected chi connectivity index (χ2v) is 4.16. The van der Waals surface area contributed by atoms with Crippen LogP contribution in [0.4, 0.5) is 5.82 Å². The van der Waals surface area contributed by atoms with Crippen molar-refractivity contribution in [3.63, 3.8) is 0 Å². The maximum atomic E-state index is 5.82. The van der Waals surface area contributed by atoms with Gasteiger partial charge in [-0.15, -0.1) is 0 Å². The lowest BCUT2D eigenvalue weighted by Crippen LogP contribution is -2.15. The zero-order valence-corrected chi connectivity index (χ0v) is 9.88. The highest BCUT2D eigenvalue weighted by atomic mass is 35.5. The number of halogens is 1. The molecule has 1 aromatic carbocycles. The number of hydrogen-bond acceptors (Lipinski definition) is 1. The number of H-pyrrole nitrogens is 1. The van der Waals surface area contributed by atoms with Crippen LogP contribution in [-0.2, 0) is 6.54 Å². The fourth-order valence-corrected chi connectivity index (χ4v) is 1.61. The lowest BCUT2D eigenvalue weighted by atomic mass is 10.2. The Labute approximate surface area is 100 Å². The van der Waals surface area contributed by atoms with Crippen molar-refractivity contribution in [2.24, 2.45) is 0 Å². The molecule has 82 valence electrons. The van der Waals surface area contributed by atoms with Crippen molar-refractivity contribution in [3.8, 4) is 0 Å². The molecule has 0 aliphatic rings. The second-order valence-electron chi connectivity index (χ2n) is 3.73. The van der Waals surface area contributed by atoms with Crippen molar-refractivity contribution < 1.29 is 4.98 Å². The third-order valence-electron chi connectivity index (χ3n) is 2.34. The van der Waals surface area contributed by atoms with Crippen LogP contribution in [-0.4, -0.2) is 0 Å². The van der Waals surface area contributed by atoms with E-state index in [0.717, 1.165) is 23.1 Å². The average molecular weight is 234 g/mol. The zero-order chi connectivity index (χ0) is 11.4. The summed E-state index contributed by atoms with van der Waals surface area (Å²) in [6, 6.07) is 13.9. The summed E-state index contributed by atoms with van der Waals surface area (Å²) in [4.78, 5) is 3.25. The summed E-state index contributed by atoms with van der Waals surface area (Å²) in [5.41, 5.74) is 2.35. The van der Waals surface area contributed by atoms with E-state index in [1.54, 1.807) is 0 Å². The number of pyridine rings is 1. The normalized spacial score (nSPS) is 10.1. The number of anilines is 1. The number of nitrogens with one attached hydrogen (secondary N) is 2. The Hall–Kier alpha value is -1.54. The monoisotopic (exact) mass is 233 g/mol. The Morgan fingerprint density at radius 2 is 1.88 bits per heavy atom. The van der Waals surface area contributed by atoms with E-state index >= 15 is 0 Å². The minimum Gasteiger partial charge on any atom is -0.270 e. The van der Waals surface area contributed by atoms with Crippen LogP contribution in [0.5, 0.6) is 0 Å². The quantitative estimate of drug-likeness (QED) is 0.867. The summed E-state index contributed by atoms with van der Waals surface area (Å²) < 4.78 is 0. The van der Waals surface area contributed by atoms with Crippen molar-refractivity contribution in [2.75, 3.05) is 5.32 Å². The van der Waals surface area contributed by atoms with E-state index in [0.29, 0.717) is 0 Å². The standard InChI is InChI=1S/C13H13ClN2/c1-10-3-2-4-13(16-10)15-9-11-5-7-12(14)8-6-11/h2-8H,9H2,1H3,(H,15,16)/p+1. The first-order valence-corrected chi connectivity index (χ1v) is 5.59. The van der Waals surface area contributed by atoms with Gasteiger partial charge in [-0.1, -0.05) is 29.8 Å². The molecule has 0 saturated carbocycles. The van der Waals surface area contributed by atoms with Crippen LogP contribution >= 0.6 is 11.6 Å². The Kier molecular flexibility index (Phi) is 3.42. The van der Waals surface area contributed by atoms with E-state index in [1.807, 2.05) is 49.4 Å². The maximum Gasteiger partial charge on any atom is 0.272 e. The van der Waals surface area contributed by atoms with Gasteiger partial charge in [0.05, 0.1) is 5.69 Å². The van der Waals surface area contributed by atoms with Gasteiger partial charge in [-0.3, -0.25) is 5.32 Å². The highest BCUT2D eigenvalue weighted by Crippen LogP contribution is 2.10. The number of aromatic nitrogens is 1. The van der Waals surface area contributed by atoms with Crippen LogP contribution in [0.25, 0.3) is 0 Å². The molecule has 0 aliphatic heterocycles. The number of rotatable bonds is 3. The topological polar surface area (TPSA) is 26.2 Å². The summed E-state index contributed by atoms with van der Waals surface area (Å²) >= 11 is 5.82. The SMILES string of the molecule is Cc1cccc(NCc2ccc(Cl)cc2)[nH+]1. The molecule has 0 bridgehead atoms.